The minimum absolute atomic E-state index is 0.273. The molecular formula is C15H21F3N2O. The molecule has 3 N–H and O–H groups in total. The molecule has 2 atom stereocenters. The van der Waals surface area contributed by atoms with E-state index in [0.717, 1.165) is 12.1 Å². The Morgan fingerprint density at radius 3 is 2.43 bits per heavy atom. The standard InChI is InChI=1S/C15H21F3N2O/c1-9(2)7-13(19)14(21)20-10(3)11-5-4-6-12(8-11)15(16,17)18/h4-6,8-10,13H,7,19H2,1-3H3,(H,20,21)/t10?,13-/m0/s1. The maximum atomic E-state index is 12.7. The summed E-state index contributed by atoms with van der Waals surface area (Å²) in [7, 11) is 0. The van der Waals surface area contributed by atoms with Gasteiger partial charge in [0.2, 0.25) is 5.91 Å². The largest absolute Gasteiger partial charge is 0.416 e. The number of hydrogen-bond donors (Lipinski definition) is 2. The quantitative estimate of drug-likeness (QED) is 0.877. The van der Waals surface area contributed by atoms with Crippen LogP contribution in [0.2, 0.25) is 0 Å². The zero-order valence-corrected chi connectivity index (χ0v) is 12.4. The molecule has 0 fully saturated rings. The molecule has 0 heterocycles. The van der Waals surface area contributed by atoms with Crippen molar-refractivity contribution in [2.75, 3.05) is 0 Å². The molecule has 0 bridgehead atoms. The number of nitrogens with two attached hydrogens (primary N) is 1. The lowest BCUT2D eigenvalue weighted by molar-refractivity contribution is -0.137. The first kappa shape index (κ1) is 17.5. The van der Waals surface area contributed by atoms with Gasteiger partial charge in [-0.15, -0.1) is 0 Å². The number of alkyl halides is 3. The van der Waals surface area contributed by atoms with E-state index in [1.807, 2.05) is 13.8 Å². The van der Waals surface area contributed by atoms with E-state index < -0.39 is 23.8 Å². The highest BCUT2D eigenvalue weighted by atomic mass is 19.4. The smallest absolute Gasteiger partial charge is 0.348 e. The third kappa shape index (κ3) is 5.38. The van der Waals surface area contributed by atoms with Crippen molar-refractivity contribution in [2.45, 2.75) is 45.5 Å². The zero-order chi connectivity index (χ0) is 16.2. The van der Waals surface area contributed by atoms with Crippen molar-refractivity contribution in [1.29, 1.82) is 0 Å². The molecule has 1 amide bonds. The van der Waals surface area contributed by atoms with E-state index >= 15 is 0 Å². The second kappa shape index (κ2) is 6.93. The highest BCUT2D eigenvalue weighted by Crippen LogP contribution is 2.30. The van der Waals surface area contributed by atoms with Gasteiger partial charge in [-0.25, -0.2) is 0 Å². The zero-order valence-electron chi connectivity index (χ0n) is 12.4. The van der Waals surface area contributed by atoms with Crippen LogP contribution in [0.25, 0.3) is 0 Å². The normalized spacial score (nSPS) is 14.9. The lowest BCUT2D eigenvalue weighted by atomic mass is 10.0. The third-order valence-electron chi connectivity index (χ3n) is 3.13. The van der Waals surface area contributed by atoms with Crippen LogP contribution in [0.15, 0.2) is 24.3 Å². The highest BCUT2D eigenvalue weighted by Gasteiger charge is 2.30. The van der Waals surface area contributed by atoms with Crippen LogP contribution in [0, 0.1) is 5.92 Å². The first-order valence-electron chi connectivity index (χ1n) is 6.84. The Labute approximate surface area is 122 Å². The van der Waals surface area contributed by atoms with Crippen LogP contribution < -0.4 is 11.1 Å². The lowest BCUT2D eigenvalue weighted by Gasteiger charge is -2.19. The van der Waals surface area contributed by atoms with E-state index in [9.17, 15) is 18.0 Å². The second-order valence-corrected chi connectivity index (χ2v) is 5.59. The Bertz CT molecular complexity index is 486. The number of hydrogen-bond acceptors (Lipinski definition) is 2. The lowest BCUT2D eigenvalue weighted by Crippen LogP contribution is -2.42. The number of rotatable bonds is 5. The van der Waals surface area contributed by atoms with Crippen LogP contribution in [0.1, 0.15) is 44.4 Å². The van der Waals surface area contributed by atoms with Crippen molar-refractivity contribution < 1.29 is 18.0 Å². The van der Waals surface area contributed by atoms with Gasteiger partial charge in [0.1, 0.15) is 0 Å². The highest BCUT2D eigenvalue weighted by molar-refractivity contribution is 5.81. The molecule has 118 valence electrons. The van der Waals surface area contributed by atoms with Crippen molar-refractivity contribution in [1.82, 2.24) is 5.32 Å². The molecule has 3 nitrogen and oxygen atoms in total. The molecule has 1 aromatic carbocycles. The van der Waals surface area contributed by atoms with Crippen molar-refractivity contribution in [3.63, 3.8) is 0 Å². The Morgan fingerprint density at radius 2 is 1.90 bits per heavy atom. The van der Waals surface area contributed by atoms with Crippen molar-refractivity contribution in [3.8, 4) is 0 Å². The van der Waals surface area contributed by atoms with Gasteiger partial charge in [0.05, 0.1) is 17.6 Å². The molecule has 0 aliphatic heterocycles. The maximum Gasteiger partial charge on any atom is 0.416 e. The average molecular weight is 302 g/mol. The monoisotopic (exact) mass is 302 g/mol. The predicted molar refractivity (Wildman–Crippen MR) is 75.4 cm³/mol. The van der Waals surface area contributed by atoms with Crippen LogP contribution >= 0.6 is 0 Å². The van der Waals surface area contributed by atoms with Gasteiger partial charge in [-0.05, 0) is 37.0 Å². The predicted octanol–water partition coefficient (Wildman–Crippen LogP) is 3.26. The average Bonchev–Trinajstić information content (AvgIpc) is 2.37. The fourth-order valence-electron chi connectivity index (χ4n) is 2.00. The summed E-state index contributed by atoms with van der Waals surface area (Å²) in [5.41, 5.74) is 5.42. The SMILES string of the molecule is CC(C)C[C@H](N)C(=O)NC(C)c1cccc(C(F)(F)F)c1. The Balaban J connectivity index is 2.76. The summed E-state index contributed by atoms with van der Waals surface area (Å²) in [5, 5.41) is 2.65. The second-order valence-electron chi connectivity index (χ2n) is 5.59. The van der Waals surface area contributed by atoms with Gasteiger partial charge in [0.25, 0.3) is 0 Å². The summed E-state index contributed by atoms with van der Waals surface area (Å²) in [6.45, 7) is 5.53. The minimum Gasteiger partial charge on any atom is -0.348 e. The first-order chi connectivity index (χ1) is 9.61. The van der Waals surface area contributed by atoms with Crippen LogP contribution in [0.3, 0.4) is 0 Å². The van der Waals surface area contributed by atoms with Gasteiger partial charge in [0, 0.05) is 0 Å². The van der Waals surface area contributed by atoms with Crippen LogP contribution in [0.4, 0.5) is 13.2 Å². The fraction of sp³-hybridized carbons (Fsp3) is 0.533. The van der Waals surface area contributed by atoms with E-state index in [1.54, 1.807) is 13.0 Å². The fourth-order valence-corrected chi connectivity index (χ4v) is 2.00. The molecule has 0 saturated heterocycles. The van der Waals surface area contributed by atoms with E-state index in [-0.39, 0.29) is 11.8 Å². The summed E-state index contributed by atoms with van der Waals surface area (Å²) < 4.78 is 38.0. The maximum absolute atomic E-state index is 12.7. The first-order valence-corrected chi connectivity index (χ1v) is 6.84. The van der Waals surface area contributed by atoms with Gasteiger partial charge < -0.3 is 11.1 Å². The van der Waals surface area contributed by atoms with Crippen LogP contribution in [-0.4, -0.2) is 11.9 Å². The summed E-state index contributed by atoms with van der Waals surface area (Å²) in [6.07, 6.45) is -3.87. The molecule has 1 unspecified atom stereocenters. The molecule has 0 saturated carbocycles. The molecule has 0 aliphatic carbocycles. The number of benzene rings is 1. The Hall–Kier alpha value is -1.56. The van der Waals surface area contributed by atoms with Gasteiger partial charge in [-0.2, -0.15) is 13.2 Å². The van der Waals surface area contributed by atoms with Gasteiger partial charge in [0.15, 0.2) is 0 Å². The minimum atomic E-state index is -4.40. The van der Waals surface area contributed by atoms with Gasteiger partial charge in [-0.1, -0.05) is 26.0 Å². The molecule has 0 spiro atoms. The molecule has 1 rings (SSSR count). The van der Waals surface area contributed by atoms with E-state index in [0.29, 0.717) is 12.0 Å². The molecule has 6 heteroatoms. The molecule has 0 aromatic heterocycles. The van der Waals surface area contributed by atoms with Crippen LogP contribution in [-0.2, 0) is 11.0 Å². The molecule has 0 radical (unpaired) electrons. The molecule has 1 aromatic rings. The number of halogens is 3. The molecular weight excluding hydrogens is 281 g/mol. The van der Waals surface area contributed by atoms with E-state index in [1.165, 1.54) is 6.07 Å². The molecule has 21 heavy (non-hydrogen) atoms. The van der Waals surface area contributed by atoms with Crippen molar-refractivity contribution in [2.24, 2.45) is 11.7 Å². The topological polar surface area (TPSA) is 55.1 Å². The number of nitrogens with one attached hydrogen (secondary N) is 1. The van der Waals surface area contributed by atoms with E-state index in [4.69, 9.17) is 5.73 Å². The van der Waals surface area contributed by atoms with Gasteiger partial charge >= 0.3 is 6.18 Å². The van der Waals surface area contributed by atoms with Gasteiger partial charge in [-0.3, -0.25) is 4.79 Å². The summed E-state index contributed by atoms with van der Waals surface area (Å²) >= 11 is 0. The number of amides is 1. The number of carbonyl (C=O) groups excluding carboxylic acids is 1. The summed E-state index contributed by atoms with van der Waals surface area (Å²) in [4.78, 5) is 11.9. The van der Waals surface area contributed by atoms with Crippen LogP contribution in [0.5, 0.6) is 0 Å². The Morgan fingerprint density at radius 1 is 1.29 bits per heavy atom. The van der Waals surface area contributed by atoms with Crippen molar-refractivity contribution >= 4 is 5.91 Å². The van der Waals surface area contributed by atoms with E-state index in [2.05, 4.69) is 5.32 Å². The number of carbonyl (C=O) groups is 1. The summed E-state index contributed by atoms with van der Waals surface area (Å²) in [6, 6.07) is 3.74. The summed E-state index contributed by atoms with van der Waals surface area (Å²) in [5.74, 6) is -0.0803. The molecule has 0 aliphatic rings. The Kier molecular flexibility index (Phi) is 5.78. The van der Waals surface area contributed by atoms with Crippen molar-refractivity contribution in [3.05, 3.63) is 35.4 Å². The third-order valence-corrected chi connectivity index (χ3v) is 3.13.